The first-order valence-corrected chi connectivity index (χ1v) is 7.85. The van der Waals surface area contributed by atoms with Gasteiger partial charge in [0.05, 0.1) is 16.6 Å². The number of benzene rings is 2. The molecule has 3 aromatic rings. The number of imidazole rings is 1. The first-order chi connectivity index (χ1) is 11.6. The van der Waals surface area contributed by atoms with E-state index in [4.69, 9.17) is 0 Å². The van der Waals surface area contributed by atoms with Crippen molar-refractivity contribution < 1.29 is 9.18 Å². The van der Waals surface area contributed by atoms with Crippen LogP contribution in [0.2, 0.25) is 0 Å². The number of hydrogen-bond donors (Lipinski definition) is 1. The second kappa shape index (κ2) is 6.31. The molecule has 24 heavy (non-hydrogen) atoms. The van der Waals surface area contributed by atoms with Crippen molar-refractivity contribution >= 4 is 22.6 Å². The number of nitrogens with one attached hydrogen (secondary N) is 1. The van der Waals surface area contributed by atoms with Crippen molar-refractivity contribution in [2.45, 2.75) is 26.9 Å². The molecule has 1 amide bonds. The number of fused-ring (bicyclic) bond motifs is 1. The van der Waals surface area contributed by atoms with Gasteiger partial charge in [-0.15, -0.1) is 0 Å². The largest absolute Gasteiger partial charge is 0.329 e. The summed E-state index contributed by atoms with van der Waals surface area (Å²) in [4.78, 5) is 24.6. The lowest BCUT2D eigenvalue weighted by atomic mass is 10.2. The molecule has 1 heterocycles. The van der Waals surface area contributed by atoms with Crippen molar-refractivity contribution in [2.24, 2.45) is 0 Å². The summed E-state index contributed by atoms with van der Waals surface area (Å²) in [5.41, 5.74) is 1.99. The summed E-state index contributed by atoms with van der Waals surface area (Å²) in [6.45, 7) is 4.91. The molecule has 0 atom stereocenters. The Morgan fingerprint density at radius 3 is 2.38 bits per heavy atom. The number of rotatable bonds is 4. The van der Waals surface area contributed by atoms with Gasteiger partial charge in [0.15, 0.2) is 0 Å². The van der Waals surface area contributed by atoms with Gasteiger partial charge in [-0.05, 0) is 44.2 Å². The summed E-state index contributed by atoms with van der Waals surface area (Å²) >= 11 is 0. The highest BCUT2D eigenvalue weighted by Crippen LogP contribution is 2.20. The Kier molecular flexibility index (Phi) is 4.20. The molecule has 5 nitrogen and oxygen atoms in total. The third-order valence-electron chi connectivity index (χ3n) is 4.03. The number of halogens is 1. The molecule has 0 bridgehead atoms. The summed E-state index contributed by atoms with van der Waals surface area (Å²) in [6, 6.07) is 11.1. The van der Waals surface area contributed by atoms with Crippen LogP contribution in [0.3, 0.4) is 0 Å². The van der Waals surface area contributed by atoms with Crippen molar-refractivity contribution in [3.8, 4) is 0 Å². The molecule has 0 spiro atoms. The number of amides is 1. The Morgan fingerprint density at radius 1 is 1.04 bits per heavy atom. The van der Waals surface area contributed by atoms with Crippen LogP contribution in [0, 0.1) is 5.82 Å². The van der Waals surface area contributed by atoms with Crippen molar-refractivity contribution in [3.05, 3.63) is 64.3 Å². The van der Waals surface area contributed by atoms with Crippen molar-refractivity contribution in [1.29, 1.82) is 0 Å². The van der Waals surface area contributed by atoms with Gasteiger partial charge in [0.25, 0.3) is 5.91 Å². The van der Waals surface area contributed by atoms with Gasteiger partial charge < -0.3 is 5.32 Å². The number of aromatic nitrogens is 2. The Hall–Kier alpha value is -2.89. The Labute approximate surface area is 138 Å². The molecule has 0 aliphatic rings. The van der Waals surface area contributed by atoms with Crippen molar-refractivity contribution in [3.63, 3.8) is 0 Å². The first kappa shape index (κ1) is 16.0. The molecule has 0 fully saturated rings. The van der Waals surface area contributed by atoms with Crippen LogP contribution in [0.4, 0.5) is 10.1 Å². The third kappa shape index (κ3) is 2.60. The van der Waals surface area contributed by atoms with Crippen molar-refractivity contribution in [2.75, 3.05) is 5.32 Å². The minimum atomic E-state index is -0.571. The number of anilines is 1. The minimum Gasteiger partial charge on any atom is -0.322 e. The summed E-state index contributed by atoms with van der Waals surface area (Å²) < 4.78 is 17.0. The second-order valence-electron chi connectivity index (χ2n) is 5.41. The van der Waals surface area contributed by atoms with Crippen LogP contribution < -0.4 is 11.0 Å². The van der Waals surface area contributed by atoms with E-state index >= 15 is 0 Å². The van der Waals surface area contributed by atoms with Crippen LogP contribution in [0.5, 0.6) is 0 Å². The minimum absolute atomic E-state index is 0.0170. The number of nitrogens with zero attached hydrogens (tertiary/aromatic N) is 2. The van der Waals surface area contributed by atoms with Gasteiger partial charge in [-0.1, -0.05) is 12.1 Å². The highest BCUT2D eigenvalue weighted by atomic mass is 19.1. The number of carbonyl (C=O) groups excluding carboxylic acids is 1. The number of aryl methyl sites for hydroxylation is 2. The van der Waals surface area contributed by atoms with E-state index in [1.54, 1.807) is 33.4 Å². The monoisotopic (exact) mass is 327 g/mol. The molecule has 2 aromatic carbocycles. The quantitative estimate of drug-likeness (QED) is 0.800. The standard InChI is InChI=1S/C18H18FN3O2/c1-3-21-15-10-9-12(11-16(15)22(4-2)18(21)24)20-17(23)13-7-5-6-8-14(13)19/h5-11H,3-4H2,1-2H3,(H,20,23). The molecule has 3 rings (SSSR count). The first-order valence-electron chi connectivity index (χ1n) is 7.85. The average molecular weight is 327 g/mol. The topological polar surface area (TPSA) is 56.0 Å². The zero-order chi connectivity index (χ0) is 17.3. The average Bonchev–Trinajstić information content (AvgIpc) is 2.85. The highest BCUT2D eigenvalue weighted by Gasteiger charge is 2.14. The maximum absolute atomic E-state index is 13.7. The molecular weight excluding hydrogens is 309 g/mol. The van der Waals surface area contributed by atoms with E-state index < -0.39 is 11.7 Å². The predicted octanol–water partition coefficient (Wildman–Crippen LogP) is 3.23. The van der Waals surface area contributed by atoms with E-state index in [0.29, 0.717) is 18.8 Å². The van der Waals surface area contributed by atoms with Gasteiger partial charge in [0, 0.05) is 18.8 Å². The Bertz CT molecular complexity index is 972. The second-order valence-corrected chi connectivity index (χ2v) is 5.41. The Morgan fingerprint density at radius 2 is 1.71 bits per heavy atom. The zero-order valence-corrected chi connectivity index (χ0v) is 13.5. The van der Waals surface area contributed by atoms with Gasteiger partial charge in [-0.3, -0.25) is 13.9 Å². The molecule has 6 heteroatoms. The van der Waals surface area contributed by atoms with Crippen LogP contribution in [0.25, 0.3) is 11.0 Å². The molecular formula is C18H18FN3O2. The van der Waals surface area contributed by atoms with Crippen LogP contribution in [-0.4, -0.2) is 15.0 Å². The van der Waals surface area contributed by atoms with E-state index in [0.717, 1.165) is 11.0 Å². The summed E-state index contributed by atoms with van der Waals surface area (Å²) in [6.07, 6.45) is 0. The lowest BCUT2D eigenvalue weighted by Gasteiger charge is -2.07. The summed E-state index contributed by atoms with van der Waals surface area (Å²) in [5.74, 6) is -1.09. The molecule has 0 unspecified atom stereocenters. The fourth-order valence-electron chi connectivity index (χ4n) is 2.85. The lowest BCUT2D eigenvalue weighted by Crippen LogP contribution is -2.23. The Balaban J connectivity index is 2.01. The third-order valence-corrected chi connectivity index (χ3v) is 4.03. The van der Waals surface area contributed by atoms with Gasteiger partial charge >= 0.3 is 5.69 Å². The molecule has 0 aliphatic carbocycles. The van der Waals surface area contributed by atoms with Gasteiger partial charge in [-0.25, -0.2) is 9.18 Å². The fraction of sp³-hybridized carbons (Fsp3) is 0.222. The van der Waals surface area contributed by atoms with E-state index in [2.05, 4.69) is 5.32 Å². The molecule has 124 valence electrons. The molecule has 1 aromatic heterocycles. The smallest absolute Gasteiger partial charge is 0.322 e. The summed E-state index contributed by atoms with van der Waals surface area (Å²) in [7, 11) is 0. The van der Waals surface area contributed by atoms with E-state index in [-0.39, 0.29) is 11.3 Å². The molecule has 0 saturated heterocycles. The van der Waals surface area contributed by atoms with E-state index in [1.165, 1.54) is 18.2 Å². The van der Waals surface area contributed by atoms with E-state index in [9.17, 15) is 14.0 Å². The van der Waals surface area contributed by atoms with Crippen LogP contribution in [-0.2, 0) is 13.1 Å². The predicted molar refractivity (Wildman–Crippen MR) is 91.9 cm³/mol. The van der Waals surface area contributed by atoms with Crippen molar-refractivity contribution in [1.82, 2.24) is 9.13 Å². The zero-order valence-electron chi connectivity index (χ0n) is 13.5. The fourth-order valence-corrected chi connectivity index (χ4v) is 2.85. The lowest BCUT2D eigenvalue weighted by molar-refractivity contribution is 0.102. The van der Waals surface area contributed by atoms with Gasteiger partial charge in [0.2, 0.25) is 0 Å². The number of carbonyl (C=O) groups is 1. The van der Waals surface area contributed by atoms with Crippen LogP contribution in [0.1, 0.15) is 24.2 Å². The normalized spacial score (nSPS) is 11.0. The highest BCUT2D eigenvalue weighted by molar-refractivity contribution is 6.05. The molecule has 0 aliphatic heterocycles. The van der Waals surface area contributed by atoms with Gasteiger partial charge in [0.1, 0.15) is 5.82 Å². The maximum Gasteiger partial charge on any atom is 0.329 e. The van der Waals surface area contributed by atoms with Crippen LogP contribution in [0.15, 0.2) is 47.3 Å². The SMILES string of the molecule is CCn1c(=O)n(CC)c2cc(NC(=O)c3ccccc3F)ccc21. The number of hydrogen-bond acceptors (Lipinski definition) is 2. The molecule has 0 saturated carbocycles. The molecule has 0 radical (unpaired) electrons. The summed E-state index contributed by atoms with van der Waals surface area (Å²) in [5, 5.41) is 2.69. The van der Waals surface area contributed by atoms with E-state index in [1.807, 2.05) is 13.8 Å². The molecule has 1 N–H and O–H groups in total. The van der Waals surface area contributed by atoms with Crippen LogP contribution >= 0.6 is 0 Å². The van der Waals surface area contributed by atoms with Gasteiger partial charge in [-0.2, -0.15) is 0 Å². The maximum atomic E-state index is 13.7.